The molecule has 4 aromatic rings. The molecule has 16 nitrogen and oxygen atoms in total. The number of aromatic amines is 2. The summed E-state index contributed by atoms with van der Waals surface area (Å²) in [6.45, 7) is 0. The number of hydrogen-bond acceptors (Lipinski definition) is 14. The topological polar surface area (TPSA) is 277 Å². The van der Waals surface area contributed by atoms with Crippen molar-refractivity contribution in [2.45, 2.75) is 9.79 Å². The molecular formula is C23H14N6Na2O10S2. The minimum atomic E-state index is -5.28. The fourth-order valence-corrected chi connectivity index (χ4v) is 5.54. The number of anilines is 5. The largest absolute Gasteiger partial charge is 1.00 e. The van der Waals surface area contributed by atoms with Gasteiger partial charge in [0.25, 0.3) is 0 Å². The molecule has 0 bridgehead atoms. The van der Waals surface area contributed by atoms with E-state index in [0.717, 1.165) is 18.2 Å². The third-order valence-electron chi connectivity index (χ3n) is 5.92. The summed E-state index contributed by atoms with van der Waals surface area (Å²) in [5.74, 6) is -2.08. The number of fused-ring (bicyclic) bond motifs is 2. The summed E-state index contributed by atoms with van der Waals surface area (Å²) in [4.78, 5) is 55.0. The molecule has 0 aliphatic heterocycles. The van der Waals surface area contributed by atoms with Crippen molar-refractivity contribution in [1.82, 2.24) is 15.0 Å². The van der Waals surface area contributed by atoms with Gasteiger partial charge < -0.3 is 25.5 Å². The summed E-state index contributed by atoms with van der Waals surface area (Å²) < 4.78 is 72.1. The zero-order valence-electron chi connectivity index (χ0n) is 22.0. The van der Waals surface area contributed by atoms with Crippen LogP contribution in [0.4, 0.5) is 28.7 Å². The molecule has 1 heterocycles. The Hall–Kier alpha value is -3.17. The van der Waals surface area contributed by atoms with Crippen LogP contribution in [0.1, 0.15) is 31.8 Å². The van der Waals surface area contributed by atoms with Crippen molar-refractivity contribution in [3.63, 3.8) is 0 Å². The van der Waals surface area contributed by atoms with E-state index in [1.165, 1.54) is 30.3 Å². The van der Waals surface area contributed by atoms with Crippen molar-refractivity contribution in [1.29, 1.82) is 0 Å². The average Bonchev–Trinajstić information content (AvgIpc) is 2.87. The van der Waals surface area contributed by atoms with Crippen molar-refractivity contribution in [2.75, 3.05) is 16.4 Å². The molecule has 0 spiro atoms. The number of H-pyrrole nitrogens is 2. The molecule has 0 saturated heterocycles. The van der Waals surface area contributed by atoms with Crippen LogP contribution >= 0.6 is 0 Å². The first kappa shape index (κ1) is 34.3. The number of carbonyl (C=O) groups excluding carboxylic acids is 2. The Labute approximate surface area is 285 Å². The second-order valence-corrected chi connectivity index (χ2v) is 11.2. The van der Waals surface area contributed by atoms with Crippen molar-refractivity contribution < 1.29 is 94.6 Å². The van der Waals surface area contributed by atoms with E-state index in [4.69, 9.17) is 5.73 Å². The minimum absolute atomic E-state index is 0. The third-order valence-corrected chi connectivity index (χ3v) is 7.67. The smallest absolute Gasteiger partial charge is 0.744 e. The molecule has 0 saturated carbocycles. The Morgan fingerprint density at radius 2 is 1.30 bits per heavy atom. The Balaban J connectivity index is 0.00000253. The number of rotatable bonds is 6. The van der Waals surface area contributed by atoms with Crippen LogP contribution in [0.2, 0.25) is 0 Å². The maximum atomic E-state index is 13.4. The minimum Gasteiger partial charge on any atom is -0.744 e. The number of ketones is 2. The summed E-state index contributed by atoms with van der Waals surface area (Å²) in [7, 11) is -10.5. The van der Waals surface area contributed by atoms with Crippen LogP contribution in [0.25, 0.3) is 0 Å². The third kappa shape index (κ3) is 6.68. The van der Waals surface area contributed by atoms with Crippen LogP contribution in [-0.2, 0) is 20.2 Å². The molecule has 6 N–H and O–H groups in total. The predicted octanol–water partition coefficient (Wildman–Crippen LogP) is -5.88. The van der Waals surface area contributed by atoms with Gasteiger partial charge in [0.15, 0.2) is 11.6 Å². The first-order chi connectivity index (χ1) is 19.1. The summed E-state index contributed by atoms with van der Waals surface area (Å²) in [6, 6.07) is 9.34. The Kier molecular flexibility index (Phi) is 9.93. The molecule has 0 amide bonds. The Morgan fingerprint density at radius 3 is 1.86 bits per heavy atom. The maximum Gasteiger partial charge on any atom is 1.00 e. The van der Waals surface area contributed by atoms with Crippen LogP contribution < -0.4 is 86.9 Å². The SMILES string of the molecule is Nc1c(S(=O)(=O)[O-])cc(Nc2ccc(Nc3nc(=O)[nH]c(=O)[nH]3)c(S(=O)(=O)[O-])c2)c2c1C(=O)c1ccccc1C2=O.[Na+].[Na+]. The number of hydrogen-bond donors (Lipinski definition) is 5. The molecule has 20 heteroatoms. The number of benzene rings is 3. The number of nitrogen functional groups attached to an aromatic ring is 1. The molecule has 210 valence electrons. The van der Waals surface area contributed by atoms with E-state index in [0.29, 0.717) is 0 Å². The Bertz CT molecular complexity index is 2140. The average molecular weight is 645 g/mol. The zero-order valence-corrected chi connectivity index (χ0v) is 27.7. The van der Waals surface area contributed by atoms with Gasteiger partial charge in [0, 0.05) is 16.8 Å². The van der Waals surface area contributed by atoms with E-state index in [1.807, 2.05) is 0 Å². The van der Waals surface area contributed by atoms with Gasteiger partial charge in [-0.2, -0.15) is 4.98 Å². The first-order valence-electron chi connectivity index (χ1n) is 11.1. The van der Waals surface area contributed by atoms with Gasteiger partial charge >= 0.3 is 70.5 Å². The van der Waals surface area contributed by atoms with Crippen molar-refractivity contribution in [3.8, 4) is 0 Å². The normalized spacial score (nSPS) is 12.3. The number of carbonyl (C=O) groups is 2. The molecule has 5 rings (SSSR count). The number of aromatic nitrogens is 3. The van der Waals surface area contributed by atoms with Gasteiger partial charge in [-0.15, -0.1) is 0 Å². The van der Waals surface area contributed by atoms with Crippen LogP contribution in [0.15, 0.2) is 67.9 Å². The monoisotopic (exact) mass is 644 g/mol. The van der Waals surface area contributed by atoms with E-state index in [1.54, 1.807) is 4.98 Å². The molecule has 43 heavy (non-hydrogen) atoms. The summed E-state index contributed by atoms with van der Waals surface area (Å²) >= 11 is 0. The zero-order chi connectivity index (χ0) is 29.9. The van der Waals surface area contributed by atoms with Gasteiger partial charge in [0.2, 0.25) is 5.95 Å². The molecule has 0 radical (unpaired) electrons. The number of nitrogens with one attached hydrogen (secondary N) is 4. The molecule has 0 fully saturated rings. The van der Waals surface area contributed by atoms with Crippen LogP contribution in [-0.4, -0.2) is 52.5 Å². The van der Waals surface area contributed by atoms with Gasteiger partial charge in [-0.3, -0.25) is 19.6 Å². The Morgan fingerprint density at radius 1 is 0.721 bits per heavy atom. The molecule has 1 aliphatic carbocycles. The van der Waals surface area contributed by atoms with Crippen LogP contribution in [0, 0.1) is 0 Å². The molecule has 0 unspecified atom stereocenters. The van der Waals surface area contributed by atoms with Crippen molar-refractivity contribution in [3.05, 3.63) is 91.8 Å². The molecule has 1 aromatic heterocycles. The molecule has 1 aliphatic rings. The quantitative estimate of drug-likeness (QED) is 0.0654. The van der Waals surface area contributed by atoms with Gasteiger partial charge in [-0.1, -0.05) is 24.3 Å². The summed E-state index contributed by atoms with van der Waals surface area (Å²) in [6.07, 6.45) is 0. The number of nitrogens with two attached hydrogens (primary N) is 1. The second kappa shape index (κ2) is 12.4. The summed E-state index contributed by atoms with van der Waals surface area (Å²) in [5.41, 5.74) is 1.03. The van der Waals surface area contributed by atoms with Gasteiger partial charge in [0.1, 0.15) is 20.2 Å². The molecule has 3 aromatic carbocycles. The second-order valence-electron chi connectivity index (χ2n) is 8.50. The van der Waals surface area contributed by atoms with E-state index >= 15 is 0 Å². The van der Waals surface area contributed by atoms with E-state index in [2.05, 4.69) is 20.6 Å². The standard InChI is InChI=1S/C23H16N6O10S2.2Na/c24-18-15(41(37,38)39)8-13(16-17(18)20(31)11-4-2-1-3-10(11)19(16)30)25-9-5-6-12(14(7-9)40(34,35)36)26-21-27-22(32)29-23(33)28-21;;/h1-8,25H,24H2,(H,34,35,36)(H,37,38,39)(H3,26,27,28,29,32,33);;/q;2*+1/p-2. The van der Waals surface area contributed by atoms with E-state index in [9.17, 15) is 45.1 Å². The molecular weight excluding hydrogens is 630 g/mol. The van der Waals surface area contributed by atoms with Crippen LogP contribution in [0.5, 0.6) is 0 Å². The van der Waals surface area contributed by atoms with Crippen molar-refractivity contribution in [2.24, 2.45) is 0 Å². The van der Waals surface area contributed by atoms with Crippen molar-refractivity contribution >= 4 is 60.5 Å². The fourth-order valence-electron chi connectivity index (χ4n) is 4.24. The predicted molar refractivity (Wildman–Crippen MR) is 139 cm³/mol. The van der Waals surface area contributed by atoms with E-state index < -0.39 is 87.1 Å². The van der Waals surface area contributed by atoms with Gasteiger partial charge in [0.05, 0.1) is 38.0 Å². The number of nitrogens with zero attached hydrogens (tertiary/aromatic N) is 1. The van der Waals surface area contributed by atoms with Crippen LogP contribution in [0.3, 0.4) is 0 Å². The van der Waals surface area contributed by atoms with E-state index in [-0.39, 0.29) is 75.9 Å². The fraction of sp³-hybridized carbons (Fsp3) is 0. The van der Waals surface area contributed by atoms with Gasteiger partial charge in [-0.05, 0) is 24.3 Å². The maximum absolute atomic E-state index is 13.4. The summed E-state index contributed by atoms with van der Waals surface area (Å²) in [5, 5.41) is 4.92. The molecule has 0 atom stereocenters. The van der Waals surface area contributed by atoms with Gasteiger partial charge in [-0.25, -0.2) is 26.4 Å². The first-order valence-corrected chi connectivity index (χ1v) is 13.9.